The zero-order valence-corrected chi connectivity index (χ0v) is 17.6. The number of nitrogens with one attached hydrogen (secondary N) is 3. The van der Waals surface area contributed by atoms with E-state index in [4.69, 9.17) is 9.15 Å². The number of ether oxygens (including phenoxy) is 1. The van der Waals surface area contributed by atoms with E-state index in [1.807, 2.05) is 38.2 Å². The molecule has 9 nitrogen and oxygen atoms in total. The predicted molar refractivity (Wildman–Crippen MR) is 118 cm³/mol. The van der Waals surface area contributed by atoms with E-state index in [2.05, 4.69) is 35.8 Å². The summed E-state index contributed by atoms with van der Waals surface area (Å²) in [6.07, 6.45) is 7.50. The summed E-state index contributed by atoms with van der Waals surface area (Å²) in [6, 6.07) is 6.80. The lowest BCUT2D eigenvalue weighted by Crippen LogP contribution is -2.38. The quantitative estimate of drug-likeness (QED) is 0.434. The fourth-order valence-electron chi connectivity index (χ4n) is 3.78. The molecule has 0 saturated carbocycles. The second-order valence-corrected chi connectivity index (χ2v) is 7.97. The first-order valence-electron chi connectivity index (χ1n) is 10.6. The zero-order valence-electron chi connectivity index (χ0n) is 17.6. The topological polar surface area (TPSA) is 114 Å². The highest BCUT2D eigenvalue weighted by molar-refractivity contribution is 5.96. The molecule has 0 bridgehead atoms. The lowest BCUT2D eigenvalue weighted by atomic mass is 10.1. The Balaban J connectivity index is 1.43. The molecule has 1 saturated heterocycles. The number of piperidine rings is 1. The van der Waals surface area contributed by atoms with Gasteiger partial charge in [0.15, 0.2) is 0 Å². The van der Waals surface area contributed by atoms with Crippen LogP contribution in [-0.2, 0) is 0 Å². The van der Waals surface area contributed by atoms with Gasteiger partial charge in [-0.1, -0.05) is 11.2 Å². The number of hydrogen-bond donors (Lipinski definition) is 3. The van der Waals surface area contributed by atoms with E-state index in [-0.39, 0.29) is 6.10 Å². The molecular weight excluding hydrogens is 394 g/mol. The summed E-state index contributed by atoms with van der Waals surface area (Å²) in [5.74, 6) is 0.976. The van der Waals surface area contributed by atoms with Crippen LogP contribution in [-0.4, -0.2) is 50.4 Å². The average molecular weight is 419 g/mol. The molecule has 0 radical (unpaired) electrons. The van der Waals surface area contributed by atoms with Crippen molar-refractivity contribution in [3.8, 4) is 28.6 Å². The van der Waals surface area contributed by atoms with Gasteiger partial charge in [-0.05, 0) is 45.4 Å². The van der Waals surface area contributed by atoms with Gasteiger partial charge in [-0.25, -0.2) is 4.98 Å². The summed E-state index contributed by atoms with van der Waals surface area (Å²) in [4.78, 5) is 12.1. The molecule has 9 heteroatoms. The number of anilines is 1. The molecule has 0 aliphatic carbocycles. The van der Waals surface area contributed by atoms with Crippen molar-refractivity contribution in [1.29, 1.82) is 0 Å². The van der Waals surface area contributed by atoms with Gasteiger partial charge in [-0.3, -0.25) is 4.98 Å². The average Bonchev–Trinajstić information content (AvgIpc) is 3.40. The molecule has 0 spiro atoms. The van der Waals surface area contributed by atoms with Gasteiger partial charge in [0.25, 0.3) is 5.89 Å². The molecule has 0 amide bonds. The van der Waals surface area contributed by atoms with Crippen molar-refractivity contribution in [2.45, 2.75) is 38.8 Å². The molecule has 1 aliphatic heterocycles. The minimum absolute atomic E-state index is 0.0352. The summed E-state index contributed by atoms with van der Waals surface area (Å²) in [5.41, 5.74) is 3.50. The number of fused-ring (bicyclic) bond motifs is 1. The Bertz CT molecular complexity index is 1180. The van der Waals surface area contributed by atoms with Crippen LogP contribution in [0.4, 0.5) is 6.01 Å². The first-order chi connectivity index (χ1) is 15.2. The lowest BCUT2D eigenvalue weighted by molar-refractivity contribution is 0.232. The molecule has 160 valence electrons. The normalized spacial score (nSPS) is 16.7. The molecule has 4 aromatic rings. The number of aromatic amines is 1. The van der Waals surface area contributed by atoms with E-state index in [9.17, 15) is 0 Å². The van der Waals surface area contributed by atoms with Crippen molar-refractivity contribution in [2.24, 2.45) is 0 Å². The van der Waals surface area contributed by atoms with Crippen LogP contribution in [0.1, 0.15) is 26.7 Å². The number of benzene rings is 1. The number of rotatable bonds is 6. The Labute approximate surface area is 179 Å². The first kappa shape index (κ1) is 19.5. The van der Waals surface area contributed by atoms with E-state index in [1.54, 1.807) is 12.4 Å². The van der Waals surface area contributed by atoms with Crippen LogP contribution in [0.5, 0.6) is 5.88 Å². The maximum atomic E-state index is 5.92. The molecule has 5 rings (SSSR count). The molecule has 1 aromatic carbocycles. The molecule has 1 aliphatic rings. The fourth-order valence-corrected chi connectivity index (χ4v) is 3.78. The maximum absolute atomic E-state index is 5.92. The Kier molecular flexibility index (Phi) is 5.25. The minimum atomic E-state index is 0.0352. The van der Waals surface area contributed by atoms with Crippen LogP contribution in [0.2, 0.25) is 0 Å². The number of hydrogen-bond acceptors (Lipinski definition) is 8. The van der Waals surface area contributed by atoms with Gasteiger partial charge in [0.1, 0.15) is 0 Å². The number of nitrogens with zero attached hydrogens (tertiary/aromatic N) is 4. The standard InChI is InChI=1S/C22H25N7O2/c1-13(2)30-20-12-24-11-19(27-20)14-5-6-18-16(8-14)17(10-25-18)21-28-29-22(31-21)26-15-4-3-7-23-9-15/h5-6,8,10-13,15,23,25H,3-4,7,9H2,1-2H3,(H,26,29)/t15-/m0/s1. The van der Waals surface area contributed by atoms with Crippen molar-refractivity contribution >= 4 is 16.9 Å². The largest absolute Gasteiger partial charge is 0.474 e. The molecular formula is C22H25N7O2. The molecule has 0 unspecified atom stereocenters. The zero-order chi connectivity index (χ0) is 21.2. The van der Waals surface area contributed by atoms with Crippen LogP contribution < -0.4 is 15.4 Å². The van der Waals surface area contributed by atoms with Gasteiger partial charge in [0.05, 0.1) is 29.8 Å². The lowest BCUT2D eigenvalue weighted by Gasteiger charge is -2.22. The van der Waals surface area contributed by atoms with E-state index in [0.717, 1.165) is 53.7 Å². The SMILES string of the molecule is CC(C)Oc1cncc(-c2ccc3[nH]cc(-c4nnc(N[C@H]5CCCNC5)o4)c3c2)n1. The fraction of sp³-hybridized carbons (Fsp3) is 0.364. The highest BCUT2D eigenvalue weighted by Gasteiger charge is 2.18. The number of aromatic nitrogens is 5. The van der Waals surface area contributed by atoms with Gasteiger partial charge >= 0.3 is 6.01 Å². The highest BCUT2D eigenvalue weighted by Crippen LogP contribution is 2.32. The maximum Gasteiger partial charge on any atom is 0.316 e. The third-order valence-corrected chi connectivity index (χ3v) is 5.23. The minimum Gasteiger partial charge on any atom is -0.474 e. The monoisotopic (exact) mass is 419 g/mol. The van der Waals surface area contributed by atoms with Crippen LogP contribution >= 0.6 is 0 Å². The van der Waals surface area contributed by atoms with Gasteiger partial charge in [-0.15, -0.1) is 5.10 Å². The first-order valence-corrected chi connectivity index (χ1v) is 10.6. The Morgan fingerprint density at radius 2 is 2.16 bits per heavy atom. The van der Waals surface area contributed by atoms with E-state index in [1.165, 1.54) is 0 Å². The molecule has 3 aromatic heterocycles. The highest BCUT2D eigenvalue weighted by atomic mass is 16.5. The van der Waals surface area contributed by atoms with Crippen LogP contribution in [0.15, 0.2) is 41.2 Å². The van der Waals surface area contributed by atoms with E-state index >= 15 is 0 Å². The van der Waals surface area contributed by atoms with Crippen molar-refractivity contribution in [2.75, 3.05) is 18.4 Å². The smallest absolute Gasteiger partial charge is 0.316 e. The van der Waals surface area contributed by atoms with Gasteiger partial charge in [0.2, 0.25) is 5.88 Å². The van der Waals surface area contributed by atoms with Gasteiger partial charge in [0, 0.05) is 35.2 Å². The van der Waals surface area contributed by atoms with E-state index < -0.39 is 0 Å². The third-order valence-electron chi connectivity index (χ3n) is 5.23. The summed E-state index contributed by atoms with van der Waals surface area (Å²) in [6.45, 7) is 5.88. The van der Waals surface area contributed by atoms with Gasteiger partial charge < -0.3 is 24.8 Å². The molecule has 1 atom stereocenters. The van der Waals surface area contributed by atoms with Gasteiger partial charge in [-0.2, -0.15) is 0 Å². The van der Waals surface area contributed by atoms with Crippen molar-refractivity contribution in [1.82, 2.24) is 30.5 Å². The van der Waals surface area contributed by atoms with E-state index in [0.29, 0.717) is 23.8 Å². The Morgan fingerprint density at radius 1 is 1.23 bits per heavy atom. The van der Waals surface area contributed by atoms with Crippen LogP contribution in [0, 0.1) is 0 Å². The molecule has 1 fully saturated rings. The Morgan fingerprint density at radius 3 is 3.00 bits per heavy atom. The predicted octanol–water partition coefficient (Wildman–Crippen LogP) is 3.63. The van der Waals surface area contributed by atoms with Crippen molar-refractivity contribution in [3.05, 3.63) is 36.8 Å². The number of H-pyrrole nitrogens is 1. The summed E-state index contributed by atoms with van der Waals surface area (Å²) < 4.78 is 11.6. The third kappa shape index (κ3) is 4.22. The summed E-state index contributed by atoms with van der Waals surface area (Å²) in [7, 11) is 0. The summed E-state index contributed by atoms with van der Waals surface area (Å²) >= 11 is 0. The van der Waals surface area contributed by atoms with Crippen molar-refractivity contribution < 1.29 is 9.15 Å². The van der Waals surface area contributed by atoms with Crippen LogP contribution in [0.3, 0.4) is 0 Å². The second-order valence-electron chi connectivity index (χ2n) is 7.97. The molecule has 31 heavy (non-hydrogen) atoms. The molecule has 3 N–H and O–H groups in total. The van der Waals surface area contributed by atoms with Crippen LogP contribution in [0.25, 0.3) is 33.6 Å². The second kappa shape index (κ2) is 8.35. The summed E-state index contributed by atoms with van der Waals surface area (Å²) in [5, 5.41) is 16.1. The molecule has 4 heterocycles. The Hall–Kier alpha value is -3.46. The van der Waals surface area contributed by atoms with Crippen molar-refractivity contribution in [3.63, 3.8) is 0 Å².